The highest BCUT2D eigenvalue weighted by molar-refractivity contribution is 5.14. The van der Waals surface area contributed by atoms with Gasteiger partial charge in [-0.2, -0.15) is 0 Å². The van der Waals surface area contributed by atoms with Gasteiger partial charge in [0.15, 0.2) is 0 Å². The summed E-state index contributed by atoms with van der Waals surface area (Å²) in [6.45, 7) is 11.6. The van der Waals surface area contributed by atoms with E-state index >= 15 is 0 Å². The second kappa shape index (κ2) is 8.37. The Morgan fingerprint density at radius 1 is 1.05 bits per heavy atom. The van der Waals surface area contributed by atoms with Gasteiger partial charge in [0, 0.05) is 0 Å². The van der Waals surface area contributed by atoms with Crippen LogP contribution in [-0.2, 0) is 6.42 Å². The zero-order valence-corrected chi connectivity index (χ0v) is 13.2. The lowest BCUT2D eigenvalue weighted by Gasteiger charge is -2.25. The fourth-order valence-electron chi connectivity index (χ4n) is 2.36. The highest BCUT2D eigenvalue weighted by atomic mass is 14.8. The van der Waals surface area contributed by atoms with E-state index in [1.807, 2.05) is 0 Å². The lowest BCUT2D eigenvalue weighted by atomic mass is 9.83. The van der Waals surface area contributed by atoms with Crippen molar-refractivity contribution in [1.82, 2.24) is 5.32 Å². The standard InChI is InChI=1S/C18H31N/c1-16(2)15-19-14-13-18(3,4)12-8-11-17-9-6-5-7-10-17/h5-7,9-10,16,19H,8,11-15H2,1-4H3. The van der Waals surface area contributed by atoms with Gasteiger partial charge in [-0.05, 0) is 55.7 Å². The molecule has 0 atom stereocenters. The second-order valence-corrected chi connectivity index (χ2v) is 6.85. The number of aryl methyl sites for hydroxylation is 1. The van der Waals surface area contributed by atoms with E-state index in [4.69, 9.17) is 0 Å². The van der Waals surface area contributed by atoms with Crippen LogP contribution >= 0.6 is 0 Å². The average Bonchev–Trinajstić information content (AvgIpc) is 2.36. The highest BCUT2D eigenvalue weighted by Gasteiger charge is 2.16. The molecule has 0 aliphatic rings. The van der Waals surface area contributed by atoms with E-state index in [2.05, 4.69) is 63.3 Å². The summed E-state index contributed by atoms with van der Waals surface area (Å²) >= 11 is 0. The Hall–Kier alpha value is -0.820. The molecule has 1 heteroatoms. The predicted octanol–water partition coefficient (Wildman–Crippen LogP) is 4.67. The third-order valence-electron chi connectivity index (χ3n) is 3.69. The van der Waals surface area contributed by atoms with E-state index < -0.39 is 0 Å². The van der Waals surface area contributed by atoms with E-state index in [-0.39, 0.29) is 0 Å². The van der Waals surface area contributed by atoms with E-state index in [1.54, 1.807) is 0 Å². The Kier molecular flexibility index (Phi) is 7.15. The van der Waals surface area contributed by atoms with Gasteiger partial charge in [-0.25, -0.2) is 0 Å². The minimum atomic E-state index is 0.457. The van der Waals surface area contributed by atoms with Gasteiger partial charge < -0.3 is 5.32 Å². The van der Waals surface area contributed by atoms with E-state index in [1.165, 1.54) is 31.2 Å². The molecule has 0 radical (unpaired) electrons. The molecule has 1 nitrogen and oxygen atoms in total. The molecule has 0 heterocycles. The van der Waals surface area contributed by atoms with Gasteiger partial charge in [0.1, 0.15) is 0 Å². The summed E-state index contributed by atoms with van der Waals surface area (Å²) in [7, 11) is 0. The molecule has 0 amide bonds. The summed E-state index contributed by atoms with van der Waals surface area (Å²) < 4.78 is 0. The average molecular weight is 261 g/mol. The number of rotatable bonds is 9. The molecule has 0 aliphatic carbocycles. The van der Waals surface area contributed by atoms with Crippen molar-refractivity contribution >= 4 is 0 Å². The molecule has 1 aromatic rings. The van der Waals surface area contributed by atoms with Crippen LogP contribution < -0.4 is 5.32 Å². The Morgan fingerprint density at radius 3 is 2.37 bits per heavy atom. The molecule has 1 rings (SSSR count). The molecule has 1 aromatic carbocycles. The molecule has 108 valence electrons. The van der Waals surface area contributed by atoms with Crippen molar-refractivity contribution < 1.29 is 0 Å². The first-order valence-electron chi connectivity index (χ1n) is 7.74. The van der Waals surface area contributed by atoms with Crippen molar-refractivity contribution in [2.75, 3.05) is 13.1 Å². The Morgan fingerprint density at radius 2 is 1.74 bits per heavy atom. The van der Waals surface area contributed by atoms with Crippen molar-refractivity contribution in [3.05, 3.63) is 35.9 Å². The van der Waals surface area contributed by atoms with Gasteiger partial charge in [-0.15, -0.1) is 0 Å². The van der Waals surface area contributed by atoms with Crippen LogP contribution in [-0.4, -0.2) is 13.1 Å². The zero-order valence-electron chi connectivity index (χ0n) is 13.2. The smallest absolute Gasteiger partial charge is 0.00258 e. The maximum atomic E-state index is 3.55. The lowest BCUT2D eigenvalue weighted by Crippen LogP contribution is -2.25. The predicted molar refractivity (Wildman–Crippen MR) is 85.5 cm³/mol. The van der Waals surface area contributed by atoms with Gasteiger partial charge in [0.05, 0.1) is 0 Å². The maximum Gasteiger partial charge on any atom is -0.00258 e. The summed E-state index contributed by atoms with van der Waals surface area (Å²) in [5, 5.41) is 3.55. The summed E-state index contributed by atoms with van der Waals surface area (Å²) in [6.07, 6.45) is 5.09. The third kappa shape index (κ3) is 8.05. The van der Waals surface area contributed by atoms with Gasteiger partial charge in [0.25, 0.3) is 0 Å². The van der Waals surface area contributed by atoms with Crippen LogP contribution in [0, 0.1) is 11.3 Å². The van der Waals surface area contributed by atoms with Crippen molar-refractivity contribution in [3.8, 4) is 0 Å². The first kappa shape index (κ1) is 16.2. The van der Waals surface area contributed by atoms with Crippen molar-refractivity contribution in [1.29, 1.82) is 0 Å². The van der Waals surface area contributed by atoms with E-state index in [0.717, 1.165) is 19.0 Å². The first-order valence-corrected chi connectivity index (χ1v) is 7.74. The minimum absolute atomic E-state index is 0.457. The fourth-order valence-corrected chi connectivity index (χ4v) is 2.36. The van der Waals surface area contributed by atoms with Crippen LogP contribution in [0.5, 0.6) is 0 Å². The SMILES string of the molecule is CC(C)CNCCC(C)(C)CCCc1ccccc1. The molecule has 1 N–H and O–H groups in total. The van der Waals surface area contributed by atoms with Gasteiger partial charge in [-0.3, -0.25) is 0 Å². The molecule has 0 fully saturated rings. The topological polar surface area (TPSA) is 12.0 Å². The monoisotopic (exact) mass is 261 g/mol. The Labute approximate surface area is 119 Å². The Balaban J connectivity index is 2.16. The highest BCUT2D eigenvalue weighted by Crippen LogP contribution is 2.27. The van der Waals surface area contributed by atoms with Crippen LogP contribution in [0.25, 0.3) is 0 Å². The quantitative estimate of drug-likeness (QED) is 0.637. The largest absolute Gasteiger partial charge is 0.316 e. The number of hydrogen-bond acceptors (Lipinski definition) is 1. The molecule has 0 saturated carbocycles. The molecule has 0 saturated heterocycles. The molecular weight excluding hydrogens is 230 g/mol. The molecular formula is C18H31N. The van der Waals surface area contributed by atoms with Crippen molar-refractivity contribution in [2.45, 2.75) is 53.4 Å². The van der Waals surface area contributed by atoms with E-state index in [0.29, 0.717) is 5.41 Å². The lowest BCUT2D eigenvalue weighted by molar-refractivity contribution is 0.292. The van der Waals surface area contributed by atoms with Crippen LogP contribution in [0.1, 0.15) is 52.5 Å². The first-order chi connectivity index (χ1) is 8.99. The number of nitrogens with one attached hydrogen (secondary N) is 1. The minimum Gasteiger partial charge on any atom is -0.316 e. The molecule has 0 bridgehead atoms. The molecule has 0 spiro atoms. The van der Waals surface area contributed by atoms with Crippen molar-refractivity contribution in [3.63, 3.8) is 0 Å². The zero-order chi connectivity index (χ0) is 14.1. The Bertz CT molecular complexity index is 327. The van der Waals surface area contributed by atoms with Crippen LogP contribution in [0.2, 0.25) is 0 Å². The number of hydrogen-bond donors (Lipinski definition) is 1. The molecule has 0 aromatic heterocycles. The fraction of sp³-hybridized carbons (Fsp3) is 0.667. The molecule has 0 aliphatic heterocycles. The van der Waals surface area contributed by atoms with Gasteiger partial charge >= 0.3 is 0 Å². The third-order valence-corrected chi connectivity index (χ3v) is 3.69. The second-order valence-electron chi connectivity index (χ2n) is 6.85. The van der Waals surface area contributed by atoms with Crippen LogP contribution in [0.4, 0.5) is 0 Å². The van der Waals surface area contributed by atoms with Crippen LogP contribution in [0.15, 0.2) is 30.3 Å². The summed E-state index contributed by atoms with van der Waals surface area (Å²) in [5.74, 6) is 0.751. The van der Waals surface area contributed by atoms with Crippen LogP contribution in [0.3, 0.4) is 0 Å². The maximum absolute atomic E-state index is 3.55. The summed E-state index contributed by atoms with van der Waals surface area (Å²) in [5.41, 5.74) is 1.93. The van der Waals surface area contributed by atoms with Crippen molar-refractivity contribution in [2.24, 2.45) is 11.3 Å². The number of benzene rings is 1. The van der Waals surface area contributed by atoms with Gasteiger partial charge in [-0.1, -0.05) is 58.0 Å². The van der Waals surface area contributed by atoms with E-state index in [9.17, 15) is 0 Å². The normalized spacial score (nSPS) is 12.1. The van der Waals surface area contributed by atoms with Gasteiger partial charge in [0.2, 0.25) is 0 Å². The molecule has 0 unspecified atom stereocenters. The summed E-state index contributed by atoms with van der Waals surface area (Å²) in [6, 6.07) is 10.8. The summed E-state index contributed by atoms with van der Waals surface area (Å²) in [4.78, 5) is 0. The molecule has 19 heavy (non-hydrogen) atoms.